The van der Waals surface area contributed by atoms with Crippen LogP contribution in [-0.2, 0) is 80.4 Å². The average Bonchev–Trinajstić information content (AvgIpc) is 1.63. The van der Waals surface area contributed by atoms with E-state index in [9.17, 15) is 17.6 Å². The van der Waals surface area contributed by atoms with Crippen LogP contribution in [0.2, 0.25) is 0 Å². The Labute approximate surface area is 903 Å². The maximum Gasteiger partial charge on any atom is 0.128 e. The van der Waals surface area contributed by atoms with Gasteiger partial charge in [-0.25, -0.2) is 8.78 Å². The van der Waals surface area contributed by atoms with Crippen LogP contribution in [0.3, 0.4) is 0 Å². The van der Waals surface area contributed by atoms with Gasteiger partial charge < -0.3 is 28.2 Å². The number of hydrogen-bond donors (Lipinski definition) is 0. The molecule has 0 fully saturated rings. The molecule has 7 aromatic heterocycles. The molecule has 0 amide bonds. The normalized spacial score (nSPS) is 10.5. The van der Waals surface area contributed by atoms with Crippen molar-refractivity contribution in [1.82, 2.24) is 53.2 Å². The van der Waals surface area contributed by atoms with Crippen LogP contribution in [-0.4, -0.2) is 53.2 Å². The zero-order valence-electron chi connectivity index (χ0n) is 84.2. The van der Waals surface area contributed by atoms with Gasteiger partial charge in [-0.1, -0.05) is 197 Å². The van der Waals surface area contributed by atoms with Crippen LogP contribution in [0.15, 0.2) is 310 Å². The minimum absolute atomic E-state index is 0. The van der Waals surface area contributed by atoms with Gasteiger partial charge in [0.25, 0.3) is 0 Å². The van der Waals surface area contributed by atoms with Gasteiger partial charge in [0.05, 0.1) is 63.8 Å². The van der Waals surface area contributed by atoms with Crippen LogP contribution in [0, 0.1) is 203 Å². The number of aryl methyl sites for hydroxylation is 19. The second-order valence-corrected chi connectivity index (χ2v) is 35.6. The van der Waals surface area contributed by atoms with Crippen molar-refractivity contribution in [3.8, 4) is 142 Å². The zero-order chi connectivity index (χ0) is 100.0. The van der Waals surface area contributed by atoms with E-state index in [1.54, 1.807) is 36.4 Å². The van der Waals surface area contributed by atoms with Gasteiger partial charge in [-0.2, -0.15) is 5.26 Å². The number of imidazole rings is 4. The van der Waals surface area contributed by atoms with E-state index in [2.05, 4.69) is 347 Å². The fourth-order valence-electron chi connectivity index (χ4n) is 19.0. The van der Waals surface area contributed by atoms with Crippen molar-refractivity contribution >= 4 is 0 Å². The molecule has 0 spiro atoms. The molecule has 145 heavy (non-hydrogen) atoms. The van der Waals surface area contributed by atoms with Crippen molar-refractivity contribution in [3.63, 3.8) is 0 Å². The Morgan fingerprint density at radius 1 is 0.276 bits per heavy atom. The molecule has 20 heteroatoms. The first-order chi connectivity index (χ1) is 68.0. The quantitative estimate of drug-likeness (QED) is 0.0597. The van der Waals surface area contributed by atoms with Gasteiger partial charge >= 0.3 is 0 Å². The van der Waals surface area contributed by atoms with Crippen LogP contribution >= 0.6 is 0 Å². The topological polar surface area (TPSA) is 134 Å². The van der Waals surface area contributed by atoms with Crippen molar-refractivity contribution in [3.05, 3.63) is 481 Å². The van der Waals surface area contributed by atoms with Crippen LogP contribution in [0.4, 0.5) is 17.6 Å². The maximum absolute atomic E-state index is 13.7. The van der Waals surface area contributed by atoms with Gasteiger partial charge in [0.15, 0.2) is 0 Å². The Bertz CT molecular complexity index is 7540. The predicted octanol–water partition coefficient (Wildman–Crippen LogP) is 30.8. The largest absolute Gasteiger partial charge is 0.333 e. The van der Waals surface area contributed by atoms with Crippen molar-refractivity contribution in [2.45, 2.75) is 132 Å². The number of nitriles is 1. The van der Waals surface area contributed by atoms with Crippen molar-refractivity contribution in [2.75, 3.05) is 0 Å². The molecule has 13 aromatic carbocycles. The first kappa shape index (κ1) is 111. The summed E-state index contributed by atoms with van der Waals surface area (Å²) in [5, 5.41) is 8.61. The first-order valence-electron chi connectivity index (χ1n) is 46.6. The first-order valence-corrected chi connectivity index (χ1v) is 46.6. The van der Waals surface area contributed by atoms with E-state index in [4.69, 9.17) is 25.2 Å². The molecule has 12 nitrogen and oxygen atoms in total. The van der Waals surface area contributed by atoms with Crippen LogP contribution in [0.1, 0.15) is 111 Å². The summed E-state index contributed by atoms with van der Waals surface area (Å²) >= 11 is 0. The van der Waals surface area contributed by atoms with Crippen LogP contribution < -0.4 is 0 Å². The predicted molar refractivity (Wildman–Crippen MR) is 562 cm³/mol. The summed E-state index contributed by atoms with van der Waals surface area (Å²) in [6.07, 6.45) is 11.0. The molecule has 4 radical (unpaired) electrons. The van der Waals surface area contributed by atoms with Gasteiger partial charge in [-0.15, -0.1) is 162 Å². The molecule has 738 valence electrons. The molecule has 20 aromatic rings. The van der Waals surface area contributed by atoms with E-state index in [0.29, 0.717) is 11.4 Å². The molecule has 7 heterocycles. The molecule has 0 saturated carbocycles. The molecular formula is C125H108F4Ir4N12-6. The fraction of sp³-hybridized carbons (Fsp3) is 0.152. The Morgan fingerprint density at radius 3 is 0.855 bits per heavy atom. The minimum atomic E-state index is -0.929. The molecule has 0 N–H and O–H groups in total. The van der Waals surface area contributed by atoms with Crippen molar-refractivity contribution < 1.29 is 98.0 Å². The van der Waals surface area contributed by atoms with Crippen LogP contribution in [0.5, 0.6) is 0 Å². The van der Waals surface area contributed by atoms with E-state index in [1.807, 2.05) is 104 Å². The van der Waals surface area contributed by atoms with Gasteiger partial charge in [0.2, 0.25) is 0 Å². The monoisotopic (exact) mass is 2620 g/mol. The van der Waals surface area contributed by atoms with E-state index in [-0.39, 0.29) is 91.5 Å². The van der Waals surface area contributed by atoms with Gasteiger partial charge in [0, 0.05) is 163 Å². The summed E-state index contributed by atoms with van der Waals surface area (Å²) in [6, 6.07) is 110. The van der Waals surface area contributed by atoms with Crippen molar-refractivity contribution in [2.24, 2.45) is 0 Å². The number of rotatable bonds is 14. The molecule has 0 saturated heterocycles. The smallest absolute Gasteiger partial charge is 0.128 e. The number of nitrogens with zero attached hydrogens (tertiary/aromatic N) is 12. The van der Waals surface area contributed by atoms with E-state index in [1.165, 1.54) is 164 Å². The third kappa shape index (κ3) is 25.3. The summed E-state index contributed by atoms with van der Waals surface area (Å²) in [6.45, 7) is 41.2. The number of pyridine rings is 3. The van der Waals surface area contributed by atoms with Crippen LogP contribution in [0.25, 0.3) is 136 Å². The molecule has 0 unspecified atom stereocenters. The van der Waals surface area contributed by atoms with E-state index in [0.717, 1.165) is 86.0 Å². The number of halogens is 4. The molecule has 0 aliphatic rings. The maximum atomic E-state index is 13.7. The van der Waals surface area contributed by atoms with Crippen molar-refractivity contribution in [1.29, 1.82) is 5.26 Å². The Morgan fingerprint density at radius 2 is 0.559 bits per heavy atom. The molecule has 0 aliphatic carbocycles. The molecule has 20 rings (SSSR count). The van der Waals surface area contributed by atoms with E-state index < -0.39 is 29.1 Å². The zero-order valence-corrected chi connectivity index (χ0v) is 93.7. The standard InChI is InChI=1S/C27H27N2.2C26H25N2.C24H21N2.C12H5F2N2.C10H5F2N2.4Ir/c1-17-12-19(3)25(20(4)13-17)24-16-28-27(23-10-8-7-9-11-23)29(24)26-21(5)14-18(2)15-22(26)6;2*1-17-14-20(4)25(21(5)15-17)28-23(24-18(2)10-9-11-19(24)3)16-27-26(28)22-12-7-6-8-13-22;1-17-14-18(2)23(19(3)15-17)26-22(20-10-6-4-7-11-20)16-25-24(26)21-12-8-5-9-13-21;13-10-5-4-8(12(14)9(10)7-15)11-3-1-2-6-16-11;11-9-5-4-7(10(12)14-9)8-3-1-2-6-13-8;;;;/h7-10,12-16H,1-6H3;2*6-12,14-16H,1-5H3;4-12,14-16H,1-3H3;1-3,5-6H;1-3,5-6H;;;;/q6*-1;;;;. The Balaban J connectivity index is 0.000000167. The average molecular weight is 2620 g/mol. The summed E-state index contributed by atoms with van der Waals surface area (Å²) in [5.41, 5.74) is 42.3. The van der Waals surface area contributed by atoms with E-state index >= 15 is 0 Å². The fourth-order valence-corrected chi connectivity index (χ4v) is 19.0. The third-order valence-corrected chi connectivity index (χ3v) is 24.5. The summed E-state index contributed by atoms with van der Waals surface area (Å²) in [7, 11) is 0. The Kier molecular flexibility index (Phi) is 38.7. The summed E-state index contributed by atoms with van der Waals surface area (Å²) < 4.78 is 61.5. The minimum Gasteiger partial charge on any atom is -0.333 e. The number of hydrogen-bond acceptors (Lipinski definition) is 8. The summed E-state index contributed by atoms with van der Waals surface area (Å²) in [5.74, 6) is 0.0582. The third-order valence-electron chi connectivity index (χ3n) is 24.5. The SMILES string of the molecule is Cc1cc(C)c(-c2cnc(-c3[c-]cccc3)n2-c2c(C)cc(C)cc2C)c(C)c1.Cc1cc(C)c(-n2c(-c3c(C)cccc3C)cnc2-c2[c-]cccc2)c(C)c1.Cc1cc(C)c(-n2c(-c3c(C)cccc3C)cnc2-c2[c-]cccc2)c(C)c1.Cc1cc(C)c(-n2c(-c3ccccc3)cnc2-c2[c-]cccc2)c(C)c1.Fc1c[c-]c(-c2ccccn2)c(F)n1.N#Cc1c(F)c[c-]c(-c2ccccn2)c1F.[Ir].[Ir].[Ir].[Ir]. The van der Waals surface area contributed by atoms with Gasteiger partial charge in [-0.05, 0) is 239 Å². The molecular weight excluding hydrogens is 2510 g/mol. The number of benzene rings is 13. The van der Waals surface area contributed by atoms with Gasteiger partial charge in [-0.3, -0.25) is 33.7 Å². The second kappa shape index (κ2) is 50.5. The second-order valence-electron chi connectivity index (χ2n) is 35.6. The number of aromatic nitrogens is 11. The molecule has 0 aliphatic heterocycles. The molecule has 0 atom stereocenters. The summed E-state index contributed by atoms with van der Waals surface area (Å²) in [4.78, 5) is 30.2. The Hall–Kier alpha value is -14.0. The molecule has 0 bridgehead atoms. The van der Waals surface area contributed by atoms with Gasteiger partial charge in [0.1, 0.15) is 11.9 Å².